The molecule has 7 heteroatoms. The first-order valence-corrected chi connectivity index (χ1v) is 8.24. The topological polar surface area (TPSA) is 80.5 Å². The summed E-state index contributed by atoms with van der Waals surface area (Å²) in [5.74, 6) is -0.223. The molecule has 1 aliphatic carbocycles. The predicted molar refractivity (Wildman–Crippen MR) is 77.3 cm³/mol. The van der Waals surface area contributed by atoms with Gasteiger partial charge in [-0.05, 0) is 43.9 Å². The van der Waals surface area contributed by atoms with Gasteiger partial charge in [0, 0.05) is 23.7 Å². The van der Waals surface area contributed by atoms with Crippen LogP contribution >= 0.6 is 11.6 Å². The monoisotopic (exact) mass is 316 g/mol. The van der Waals surface area contributed by atoms with Gasteiger partial charge in [0.2, 0.25) is 10.0 Å². The molecule has 0 saturated heterocycles. The smallest absolute Gasteiger partial charge is 0.254 e. The van der Waals surface area contributed by atoms with E-state index in [0.29, 0.717) is 5.56 Å². The molecular weight excluding hydrogens is 300 g/mol. The number of amides is 1. The molecule has 2 N–H and O–H groups in total. The maximum atomic E-state index is 12.5. The number of halogens is 1. The Morgan fingerprint density at radius 1 is 1.40 bits per heavy atom. The van der Waals surface area contributed by atoms with E-state index in [1.165, 1.54) is 12.1 Å². The first kappa shape index (κ1) is 15.3. The molecule has 1 aromatic rings. The zero-order valence-electron chi connectivity index (χ0n) is 11.4. The quantitative estimate of drug-likeness (QED) is 0.925. The van der Waals surface area contributed by atoms with Crippen LogP contribution in [-0.4, -0.2) is 32.3 Å². The van der Waals surface area contributed by atoms with Gasteiger partial charge in [-0.3, -0.25) is 4.79 Å². The molecular formula is C13H17ClN2O3S. The molecule has 2 rings (SSSR count). The number of sulfonamides is 1. The van der Waals surface area contributed by atoms with Crippen LogP contribution in [0.15, 0.2) is 17.0 Å². The van der Waals surface area contributed by atoms with E-state index in [9.17, 15) is 13.2 Å². The Balaban J connectivity index is 2.46. The van der Waals surface area contributed by atoms with Crippen molar-refractivity contribution in [3.8, 4) is 0 Å². The van der Waals surface area contributed by atoms with Crippen LogP contribution in [0.25, 0.3) is 0 Å². The second kappa shape index (κ2) is 5.35. The molecule has 0 radical (unpaired) electrons. The van der Waals surface area contributed by atoms with E-state index < -0.39 is 10.0 Å². The van der Waals surface area contributed by atoms with Crippen LogP contribution in [0.5, 0.6) is 0 Å². The Labute approximate surface area is 123 Å². The van der Waals surface area contributed by atoms with Gasteiger partial charge >= 0.3 is 0 Å². The molecule has 0 heterocycles. The Hall–Kier alpha value is -1.11. The van der Waals surface area contributed by atoms with Gasteiger partial charge in [-0.15, -0.1) is 0 Å². The lowest BCUT2D eigenvalue weighted by atomic mass is 9.91. The van der Waals surface area contributed by atoms with Crippen molar-refractivity contribution in [1.29, 1.82) is 0 Å². The highest BCUT2D eigenvalue weighted by atomic mass is 35.5. The first-order valence-electron chi connectivity index (χ1n) is 6.32. The van der Waals surface area contributed by atoms with Crippen molar-refractivity contribution < 1.29 is 13.2 Å². The summed E-state index contributed by atoms with van der Waals surface area (Å²) < 4.78 is 23.1. The Morgan fingerprint density at radius 2 is 2.00 bits per heavy atom. The summed E-state index contributed by atoms with van der Waals surface area (Å²) >= 11 is 5.91. The van der Waals surface area contributed by atoms with Crippen LogP contribution in [0.2, 0.25) is 5.02 Å². The zero-order chi connectivity index (χ0) is 15.1. The molecule has 0 atom stereocenters. The van der Waals surface area contributed by atoms with Gasteiger partial charge in [-0.2, -0.15) is 0 Å². The molecule has 0 aromatic heterocycles. The van der Waals surface area contributed by atoms with E-state index in [1.54, 1.807) is 18.9 Å². The van der Waals surface area contributed by atoms with E-state index in [0.717, 1.165) is 19.3 Å². The largest absolute Gasteiger partial charge is 0.339 e. The number of rotatable bonds is 3. The molecule has 1 saturated carbocycles. The molecule has 0 unspecified atom stereocenters. The lowest BCUT2D eigenvalue weighted by Crippen LogP contribution is -2.41. The number of hydrogen-bond donors (Lipinski definition) is 1. The number of benzene rings is 1. The van der Waals surface area contributed by atoms with Crippen molar-refractivity contribution in [1.82, 2.24) is 4.90 Å². The van der Waals surface area contributed by atoms with Crippen molar-refractivity contribution in [2.24, 2.45) is 5.14 Å². The summed E-state index contributed by atoms with van der Waals surface area (Å²) in [4.78, 5) is 14.0. The fourth-order valence-electron chi connectivity index (χ4n) is 2.30. The highest BCUT2D eigenvalue weighted by molar-refractivity contribution is 7.89. The maximum Gasteiger partial charge on any atom is 0.254 e. The molecule has 1 amide bonds. The number of hydrogen-bond acceptors (Lipinski definition) is 3. The highest BCUT2D eigenvalue weighted by Crippen LogP contribution is 2.28. The second-order valence-electron chi connectivity index (χ2n) is 5.12. The number of carbonyl (C=O) groups excluding carboxylic acids is 1. The van der Waals surface area contributed by atoms with Crippen molar-refractivity contribution in [3.05, 3.63) is 28.3 Å². The number of nitrogens with two attached hydrogens (primary N) is 1. The van der Waals surface area contributed by atoms with E-state index in [-0.39, 0.29) is 27.4 Å². The van der Waals surface area contributed by atoms with Gasteiger partial charge in [0.05, 0.1) is 4.90 Å². The summed E-state index contributed by atoms with van der Waals surface area (Å²) in [6.45, 7) is 1.57. The van der Waals surface area contributed by atoms with Crippen LogP contribution in [0.4, 0.5) is 0 Å². The maximum absolute atomic E-state index is 12.5. The van der Waals surface area contributed by atoms with Gasteiger partial charge in [0.25, 0.3) is 5.91 Å². The molecule has 1 aromatic carbocycles. The first-order chi connectivity index (χ1) is 9.21. The summed E-state index contributed by atoms with van der Waals surface area (Å²) in [6.07, 6.45) is 3.06. The van der Waals surface area contributed by atoms with Crippen LogP contribution in [-0.2, 0) is 10.0 Å². The molecule has 0 bridgehead atoms. The summed E-state index contributed by atoms with van der Waals surface area (Å²) in [5, 5.41) is 5.34. The van der Waals surface area contributed by atoms with Gasteiger partial charge in [-0.25, -0.2) is 13.6 Å². The van der Waals surface area contributed by atoms with E-state index >= 15 is 0 Å². The molecule has 20 heavy (non-hydrogen) atoms. The predicted octanol–water partition coefficient (Wildman–Crippen LogP) is 1.92. The Bertz CT molecular complexity index is 654. The zero-order valence-corrected chi connectivity index (χ0v) is 13.0. The third-order valence-electron chi connectivity index (χ3n) is 3.80. The van der Waals surface area contributed by atoms with E-state index in [4.69, 9.17) is 16.7 Å². The van der Waals surface area contributed by atoms with Crippen molar-refractivity contribution in [2.75, 3.05) is 7.05 Å². The standard InChI is InChI=1S/C13H17ClN2O3S/c1-8-11(13(17)16(2)10-4-3-5-10)6-9(14)7-12(8)20(15,18)19/h6-7,10H,3-5H2,1-2H3,(H2,15,18,19). The van der Waals surface area contributed by atoms with Crippen LogP contribution in [0.1, 0.15) is 35.2 Å². The summed E-state index contributed by atoms with van der Waals surface area (Å²) in [6, 6.07) is 2.98. The SMILES string of the molecule is Cc1c(C(=O)N(C)C2CCC2)cc(Cl)cc1S(N)(=O)=O. The lowest BCUT2D eigenvalue weighted by Gasteiger charge is -2.35. The molecule has 0 spiro atoms. The van der Waals surface area contributed by atoms with Crippen molar-refractivity contribution >= 4 is 27.5 Å². The van der Waals surface area contributed by atoms with Gasteiger partial charge in [0.15, 0.2) is 0 Å². The molecule has 5 nitrogen and oxygen atoms in total. The lowest BCUT2D eigenvalue weighted by molar-refractivity contribution is 0.0651. The fourth-order valence-corrected chi connectivity index (χ4v) is 3.41. The normalized spacial score (nSPS) is 15.8. The van der Waals surface area contributed by atoms with Gasteiger partial charge in [0.1, 0.15) is 0 Å². The molecule has 110 valence electrons. The van der Waals surface area contributed by atoms with E-state index in [1.807, 2.05) is 0 Å². The van der Waals surface area contributed by atoms with Gasteiger partial charge < -0.3 is 4.90 Å². The average molecular weight is 317 g/mol. The number of carbonyl (C=O) groups is 1. The number of primary sulfonamides is 1. The Morgan fingerprint density at radius 3 is 2.45 bits per heavy atom. The fraction of sp³-hybridized carbons (Fsp3) is 0.462. The molecule has 1 aliphatic rings. The van der Waals surface area contributed by atoms with Crippen LogP contribution in [0, 0.1) is 6.92 Å². The highest BCUT2D eigenvalue weighted by Gasteiger charge is 2.28. The minimum atomic E-state index is -3.90. The van der Waals surface area contributed by atoms with E-state index in [2.05, 4.69) is 0 Å². The average Bonchev–Trinajstić information content (AvgIpc) is 2.27. The minimum absolute atomic E-state index is 0.102. The molecule has 1 fully saturated rings. The van der Waals surface area contributed by atoms with Crippen molar-refractivity contribution in [3.63, 3.8) is 0 Å². The third-order valence-corrected chi connectivity index (χ3v) is 5.06. The minimum Gasteiger partial charge on any atom is -0.339 e. The van der Waals surface area contributed by atoms with Gasteiger partial charge in [-0.1, -0.05) is 11.6 Å². The van der Waals surface area contributed by atoms with Crippen molar-refractivity contribution in [2.45, 2.75) is 37.1 Å². The number of nitrogens with zero attached hydrogens (tertiary/aromatic N) is 1. The van der Waals surface area contributed by atoms with Crippen LogP contribution in [0.3, 0.4) is 0 Å². The Kier molecular flexibility index (Phi) is 4.09. The summed E-state index contributed by atoms with van der Waals surface area (Å²) in [5.41, 5.74) is 0.629. The van der Waals surface area contributed by atoms with Crippen LogP contribution < -0.4 is 5.14 Å². The molecule has 0 aliphatic heterocycles. The third kappa shape index (κ3) is 2.82. The second-order valence-corrected chi connectivity index (χ2v) is 7.09. The summed E-state index contributed by atoms with van der Waals surface area (Å²) in [7, 11) is -2.18.